The van der Waals surface area contributed by atoms with E-state index in [4.69, 9.17) is 13.9 Å². The van der Waals surface area contributed by atoms with Crippen LogP contribution in [0.5, 0.6) is 0 Å². The van der Waals surface area contributed by atoms with Crippen LogP contribution in [0.3, 0.4) is 0 Å². The average molecular weight is 580 g/mol. The lowest BCUT2D eigenvalue weighted by Crippen LogP contribution is -2.66. The van der Waals surface area contributed by atoms with E-state index in [0.717, 1.165) is 45.6 Å². The molecule has 228 valence electrons. The fourth-order valence-electron chi connectivity index (χ4n) is 6.04. The largest absolute Gasteiger partial charge is 0.407 e. The van der Waals surface area contributed by atoms with Crippen LogP contribution in [0.2, 0.25) is 5.04 Å². The Morgan fingerprint density at radius 3 is 1.90 bits per heavy atom. The number of likely N-dealkylation sites (tertiary alicyclic amines) is 1. The van der Waals surface area contributed by atoms with E-state index in [2.05, 4.69) is 141 Å². The van der Waals surface area contributed by atoms with Crippen molar-refractivity contribution in [3.63, 3.8) is 0 Å². The lowest BCUT2D eigenvalue weighted by Gasteiger charge is -2.43. The molecule has 0 radical (unpaired) electrons. The van der Waals surface area contributed by atoms with Gasteiger partial charge in [0, 0.05) is 25.7 Å². The van der Waals surface area contributed by atoms with Crippen LogP contribution in [0.4, 0.5) is 0 Å². The Hall–Kier alpha value is -1.76. The SMILES string of the molecule is C/C(=C\CCCO[Si](c1ccccc1)(c1ccccc1)C(C)(C)C)CN1C[C@H](OC(C)(C)C)C[C@H]1COC(C)(C)C. The molecule has 0 unspecified atom stereocenters. The molecular weight excluding hydrogens is 522 g/mol. The fourth-order valence-corrected chi connectivity index (χ4v) is 10.6. The molecule has 2 aromatic carbocycles. The van der Waals surface area contributed by atoms with Gasteiger partial charge in [0.05, 0.1) is 23.9 Å². The van der Waals surface area contributed by atoms with Crippen LogP contribution < -0.4 is 10.4 Å². The van der Waals surface area contributed by atoms with Crippen LogP contribution in [-0.2, 0) is 13.9 Å². The first-order valence-electron chi connectivity index (χ1n) is 15.6. The summed E-state index contributed by atoms with van der Waals surface area (Å²) in [4.78, 5) is 2.56. The maximum atomic E-state index is 7.09. The summed E-state index contributed by atoms with van der Waals surface area (Å²) in [5, 5.41) is 2.69. The van der Waals surface area contributed by atoms with Crippen molar-refractivity contribution in [1.29, 1.82) is 0 Å². The lowest BCUT2D eigenvalue weighted by molar-refractivity contribution is -0.0553. The second kappa shape index (κ2) is 14.1. The van der Waals surface area contributed by atoms with Crippen LogP contribution >= 0.6 is 0 Å². The fraction of sp³-hybridized carbons (Fsp3) is 0.611. The Kier molecular flexibility index (Phi) is 11.6. The zero-order valence-corrected chi connectivity index (χ0v) is 28.6. The molecule has 1 aliphatic heterocycles. The zero-order chi connectivity index (χ0) is 30.3. The molecule has 0 bridgehead atoms. The first kappa shape index (κ1) is 33.7. The van der Waals surface area contributed by atoms with Crippen molar-refractivity contribution in [2.24, 2.45) is 0 Å². The molecule has 1 aliphatic rings. The summed E-state index contributed by atoms with van der Waals surface area (Å²) < 4.78 is 19.7. The summed E-state index contributed by atoms with van der Waals surface area (Å²) in [6.45, 7) is 25.6. The smallest absolute Gasteiger partial charge is 0.261 e. The van der Waals surface area contributed by atoms with Gasteiger partial charge in [-0.2, -0.15) is 0 Å². The second-order valence-electron chi connectivity index (χ2n) is 14.8. The van der Waals surface area contributed by atoms with Gasteiger partial charge >= 0.3 is 0 Å². The van der Waals surface area contributed by atoms with E-state index < -0.39 is 8.32 Å². The maximum Gasteiger partial charge on any atom is 0.261 e. The number of benzene rings is 2. The van der Waals surface area contributed by atoms with Gasteiger partial charge < -0.3 is 13.9 Å². The molecule has 1 fully saturated rings. The third-order valence-corrected chi connectivity index (χ3v) is 12.8. The average Bonchev–Trinajstić information content (AvgIpc) is 3.24. The molecule has 0 aliphatic carbocycles. The van der Waals surface area contributed by atoms with Gasteiger partial charge in [-0.3, -0.25) is 4.90 Å². The van der Waals surface area contributed by atoms with Crippen LogP contribution in [0.15, 0.2) is 72.3 Å². The lowest BCUT2D eigenvalue weighted by atomic mass is 10.1. The van der Waals surface area contributed by atoms with E-state index in [1.54, 1.807) is 0 Å². The molecule has 0 aromatic heterocycles. The number of hydrogen-bond donors (Lipinski definition) is 0. The van der Waals surface area contributed by atoms with Crippen LogP contribution in [-0.4, -0.2) is 62.9 Å². The molecule has 0 N–H and O–H groups in total. The van der Waals surface area contributed by atoms with E-state index in [1.165, 1.54) is 15.9 Å². The monoisotopic (exact) mass is 579 g/mol. The normalized spacial score (nSPS) is 19.6. The minimum atomic E-state index is -2.47. The van der Waals surface area contributed by atoms with E-state index in [9.17, 15) is 0 Å². The summed E-state index contributed by atoms with van der Waals surface area (Å²) in [6.07, 6.45) is 5.70. The topological polar surface area (TPSA) is 30.9 Å². The summed E-state index contributed by atoms with van der Waals surface area (Å²) in [5.74, 6) is 0. The summed E-state index contributed by atoms with van der Waals surface area (Å²) in [5.41, 5.74) is 1.14. The van der Waals surface area contributed by atoms with Gasteiger partial charge in [-0.1, -0.05) is 93.1 Å². The molecule has 4 nitrogen and oxygen atoms in total. The Morgan fingerprint density at radius 1 is 0.854 bits per heavy atom. The predicted molar refractivity (Wildman–Crippen MR) is 177 cm³/mol. The van der Waals surface area contributed by atoms with Crippen molar-refractivity contribution in [2.75, 3.05) is 26.3 Å². The quantitative estimate of drug-likeness (QED) is 0.149. The molecule has 0 spiro atoms. The van der Waals surface area contributed by atoms with Crippen molar-refractivity contribution in [1.82, 2.24) is 4.90 Å². The summed E-state index contributed by atoms with van der Waals surface area (Å²) >= 11 is 0. The van der Waals surface area contributed by atoms with E-state index >= 15 is 0 Å². The highest BCUT2D eigenvalue weighted by atomic mass is 28.4. The van der Waals surface area contributed by atoms with Crippen molar-refractivity contribution in [3.05, 3.63) is 72.3 Å². The van der Waals surface area contributed by atoms with Crippen LogP contribution in [0.1, 0.15) is 88.5 Å². The second-order valence-corrected chi connectivity index (χ2v) is 19.1. The summed E-state index contributed by atoms with van der Waals surface area (Å²) in [6, 6.07) is 22.2. The molecule has 2 aromatic rings. The Labute approximate surface area is 252 Å². The van der Waals surface area contributed by atoms with Gasteiger partial charge in [-0.25, -0.2) is 0 Å². The molecule has 3 rings (SSSR count). The molecule has 1 saturated heterocycles. The number of allylic oxidation sites excluding steroid dienone is 1. The highest BCUT2D eigenvalue weighted by molar-refractivity contribution is 6.99. The molecule has 1 heterocycles. The van der Waals surface area contributed by atoms with Gasteiger partial charge in [0.1, 0.15) is 0 Å². The Bertz CT molecular complexity index is 1040. The molecule has 5 heteroatoms. The van der Waals surface area contributed by atoms with Crippen molar-refractivity contribution in [3.8, 4) is 0 Å². The highest BCUT2D eigenvalue weighted by Crippen LogP contribution is 2.37. The first-order valence-corrected chi connectivity index (χ1v) is 17.5. The Balaban J connectivity index is 1.65. The standard InChI is InChI=1S/C36H57NO3Si/c1-29(26-37-27-31(40-35(5,6)7)25-30(37)28-38-34(2,3)4)19-17-18-24-39-41(36(8,9)10,32-20-13-11-14-21-32)33-22-15-12-16-23-33/h11-16,19-23,30-31H,17-18,24-28H2,1-10H3/b29-19+/t30-,31+/m0/s1. The first-order chi connectivity index (χ1) is 19.1. The molecule has 41 heavy (non-hydrogen) atoms. The number of ether oxygens (including phenoxy) is 2. The van der Waals surface area contributed by atoms with E-state index in [-0.39, 0.29) is 22.3 Å². The van der Waals surface area contributed by atoms with Gasteiger partial charge in [0.25, 0.3) is 8.32 Å². The van der Waals surface area contributed by atoms with Crippen LogP contribution in [0.25, 0.3) is 0 Å². The molecule has 0 amide bonds. The zero-order valence-electron chi connectivity index (χ0n) is 27.6. The van der Waals surface area contributed by atoms with Gasteiger partial charge in [0.2, 0.25) is 0 Å². The maximum absolute atomic E-state index is 7.09. The van der Waals surface area contributed by atoms with Gasteiger partial charge in [-0.15, -0.1) is 0 Å². The molecular formula is C36H57NO3Si. The highest BCUT2D eigenvalue weighted by Gasteiger charge is 2.50. The van der Waals surface area contributed by atoms with E-state index in [0.29, 0.717) is 6.04 Å². The van der Waals surface area contributed by atoms with Crippen molar-refractivity contribution < 1.29 is 13.9 Å². The van der Waals surface area contributed by atoms with Gasteiger partial charge in [-0.05, 0) is 83.1 Å². The van der Waals surface area contributed by atoms with Crippen molar-refractivity contribution >= 4 is 18.7 Å². The summed E-state index contributed by atoms with van der Waals surface area (Å²) in [7, 11) is -2.47. The number of rotatable bonds is 12. The van der Waals surface area contributed by atoms with Crippen molar-refractivity contribution in [2.45, 2.75) is 117 Å². The van der Waals surface area contributed by atoms with E-state index in [1.807, 2.05) is 0 Å². The minimum Gasteiger partial charge on any atom is -0.407 e. The predicted octanol–water partition coefficient (Wildman–Crippen LogP) is 7.36. The Morgan fingerprint density at radius 2 is 1.41 bits per heavy atom. The molecule has 0 saturated carbocycles. The molecule has 2 atom stereocenters. The van der Waals surface area contributed by atoms with Gasteiger partial charge in [0.15, 0.2) is 0 Å². The third kappa shape index (κ3) is 9.89. The minimum absolute atomic E-state index is 0.00697. The number of hydrogen-bond acceptors (Lipinski definition) is 4. The number of nitrogens with zero attached hydrogens (tertiary/aromatic N) is 1. The van der Waals surface area contributed by atoms with Crippen LogP contribution in [0, 0.1) is 0 Å². The third-order valence-electron chi connectivity index (χ3n) is 7.75. The number of unbranched alkanes of at least 4 members (excludes halogenated alkanes) is 1.